The smallest absolute Gasteiger partial charge is 0.465 e. The summed E-state index contributed by atoms with van der Waals surface area (Å²) in [5.41, 5.74) is 1.03. The van der Waals surface area contributed by atoms with E-state index < -0.39 is 13.2 Å². The molecule has 0 unspecified atom stereocenters. The van der Waals surface area contributed by atoms with Gasteiger partial charge < -0.3 is 24.6 Å². The molecule has 0 radical (unpaired) electrons. The lowest BCUT2D eigenvalue weighted by Crippen LogP contribution is -2.65. The molecular formula is C25H37BN2O4. The van der Waals surface area contributed by atoms with Crippen LogP contribution < -0.4 is 5.32 Å². The van der Waals surface area contributed by atoms with E-state index >= 15 is 0 Å². The molecule has 5 aliphatic rings. The van der Waals surface area contributed by atoms with Gasteiger partial charge in [-0.1, -0.05) is 50.6 Å². The molecule has 7 heteroatoms. The average Bonchev–Trinajstić information content (AvgIpc) is 3.14. The van der Waals surface area contributed by atoms with Gasteiger partial charge in [0.15, 0.2) is 0 Å². The van der Waals surface area contributed by atoms with Crippen molar-refractivity contribution < 1.29 is 19.2 Å². The van der Waals surface area contributed by atoms with Gasteiger partial charge in [-0.15, -0.1) is 0 Å². The molecule has 2 bridgehead atoms. The van der Waals surface area contributed by atoms with Crippen LogP contribution >= 0.6 is 0 Å². The van der Waals surface area contributed by atoms with Crippen LogP contribution in [0.4, 0.5) is 4.79 Å². The average molecular weight is 440 g/mol. The second kappa shape index (κ2) is 8.34. The minimum atomic E-state index is -0.893. The predicted molar refractivity (Wildman–Crippen MR) is 124 cm³/mol. The van der Waals surface area contributed by atoms with Crippen molar-refractivity contribution in [2.24, 2.45) is 17.3 Å². The first kappa shape index (κ1) is 22.2. The Labute approximate surface area is 192 Å². The molecule has 2 N–H and O–H groups in total. The van der Waals surface area contributed by atoms with Crippen molar-refractivity contribution in [3.8, 4) is 0 Å². The first-order valence-corrected chi connectivity index (χ1v) is 12.4. The van der Waals surface area contributed by atoms with Crippen LogP contribution in [-0.2, 0) is 15.7 Å². The van der Waals surface area contributed by atoms with E-state index in [-0.39, 0.29) is 29.1 Å². The number of benzene rings is 1. The third-order valence-corrected chi connectivity index (χ3v) is 9.05. The Morgan fingerprint density at radius 3 is 2.69 bits per heavy atom. The summed E-state index contributed by atoms with van der Waals surface area (Å²) in [5.74, 6) is 0.753. The maximum absolute atomic E-state index is 12.5. The Balaban J connectivity index is 1.41. The maximum atomic E-state index is 12.5. The molecule has 0 aromatic heterocycles. The van der Waals surface area contributed by atoms with Crippen molar-refractivity contribution in [2.45, 2.75) is 83.0 Å². The normalized spacial score (nSPS) is 36.2. The lowest BCUT2D eigenvalue weighted by atomic mass is 9.43. The van der Waals surface area contributed by atoms with Crippen LogP contribution in [0.5, 0.6) is 0 Å². The number of amides is 1. The second-order valence-corrected chi connectivity index (χ2v) is 11.2. The van der Waals surface area contributed by atoms with Crippen LogP contribution in [0.15, 0.2) is 30.3 Å². The van der Waals surface area contributed by atoms with Crippen molar-refractivity contribution >= 4 is 13.2 Å². The molecule has 1 aromatic carbocycles. The summed E-state index contributed by atoms with van der Waals surface area (Å²) >= 11 is 0. The lowest BCUT2D eigenvalue weighted by molar-refractivity contribution is -0.199. The summed E-state index contributed by atoms with van der Waals surface area (Å²) in [4.78, 5) is 14.1. The highest BCUT2D eigenvalue weighted by Gasteiger charge is 2.68. The number of nitrogens with zero attached hydrogens (tertiary/aromatic N) is 1. The zero-order chi connectivity index (χ0) is 22.5. The van der Waals surface area contributed by atoms with E-state index in [0.29, 0.717) is 24.8 Å². The SMILES string of the molecule is CC1(C)[C@@H]2C[C@H]3OB([C@H](Cc4ccccc4)N(C[C@H]4CCCCN4)C(=O)O)O[C@@]3(C)[C@H]1C2. The quantitative estimate of drug-likeness (QED) is 0.655. The highest BCUT2D eigenvalue weighted by Crippen LogP contribution is 2.65. The van der Waals surface area contributed by atoms with Crippen LogP contribution in [-0.4, -0.2) is 60.0 Å². The number of nitrogens with one attached hydrogen (secondary N) is 1. The van der Waals surface area contributed by atoms with Crippen molar-refractivity contribution in [3.63, 3.8) is 0 Å². The molecule has 6 atom stereocenters. The highest BCUT2D eigenvalue weighted by atomic mass is 16.7. The molecule has 2 saturated heterocycles. The Bertz CT molecular complexity index is 830. The number of rotatable bonds is 6. The van der Waals surface area contributed by atoms with Crippen molar-refractivity contribution in [1.29, 1.82) is 0 Å². The van der Waals surface area contributed by atoms with Gasteiger partial charge in [-0.2, -0.15) is 0 Å². The molecule has 3 saturated carbocycles. The monoisotopic (exact) mass is 440 g/mol. The summed E-state index contributed by atoms with van der Waals surface area (Å²) < 4.78 is 13.3. The van der Waals surface area contributed by atoms with E-state index in [9.17, 15) is 9.90 Å². The zero-order valence-corrected chi connectivity index (χ0v) is 19.6. The van der Waals surface area contributed by atoms with Gasteiger partial charge in [-0.3, -0.25) is 0 Å². The van der Waals surface area contributed by atoms with Crippen LogP contribution in [0, 0.1) is 17.3 Å². The van der Waals surface area contributed by atoms with Gasteiger partial charge in [0.25, 0.3) is 0 Å². The molecule has 1 aromatic rings. The lowest BCUT2D eigenvalue weighted by Gasteiger charge is -2.64. The molecule has 5 fully saturated rings. The molecule has 1 amide bonds. The fourth-order valence-corrected chi connectivity index (χ4v) is 6.94. The molecular weight excluding hydrogens is 403 g/mol. The van der Waals surface area contributed by atoms with Crippen LogP contribution in [0.1, 0.15) is 58.4 Å². The third kappa shape index (κ3) is 3.76. The van der Waals surface area contributed by atoms with Crippen molar-refractivity contribution in [2.75, 3.05) is 13.1 Å². The second-order valence-electron chi connectivity index (χ2n) is 11.2. The van der Waals surface area contributed by atoms with Gasteiger partial charge in [0, 0.05) is 12.6 Å². The summed E-state index contributed by atoms with van der Waals surface area (Å²) in [7, 11) is -0.542. The summed E-state index contributed by atoms with van der Waals surface area (Å²) in [6, 6.07) is 10.3. The molecule has 6 nitrogen and oxygen atoms in total. The molecule has 2 aliphatic heterocycles. The highest BCUT2D eigenvalue weighted by molar-refractivity contribution is 6.47. The standard InChI is InChI=1S/C25H37BN2O4/c1-24(2)18-14-20(24)25(3)21(15-18)31-26(32-25)22(13-17-9-5-4-6-10-17)28(23(29)30)16-19-11-7-8-12-27-19/h4-6,9-10,18-22,27H,7-8,11-16H2,1-3H3,(H,29,30)/t18-,19+,20-,21+,22-,25-/m0/s1. The van der Waals surface area contributed by atoms with E-state index in [0.717, 1.165) is 37.8 Å². The summed E-state index contributed by atoms with van der Waals surface area (Å²) in [6.45, 7) is 8.32. The number of piperidine rings is 1. The first-order valence-electron chi connectivity index (χ1n) is 12.4. The Hall–Kier alpha value is -1.57. The van der Waals surface area contributed by atoms with E-state index in [4.69, 9.17) is 9.31 Å². The summed E-state index contributed by atoms with van der Waals surface area (Å²) in [5, 5.41) is 13.8. The molecule has 0 spiro atoms. The third-order valence-electron chi connectivity index (χ3n) is 9.05. The molecule has 2 heterocycles. The molecule has 6 rings (SSSR count). The fraction of sp³-hybridized carbons (Fsp3) is 0.720. The van der Waals surface area contributed by atoms with E-state index in [1.165, 1.54) is 6.42 Å². The predicted octanol–water partition coefficient (Wildman–Crippen LogP) is 3.99. The minimum absolute atomic E-state index is 0.0472. The van der Waals surface area contributed by atoms with E-state index in [1.54, 1.807) is 4.90 Å². The number of carbonyl (C=O) groups is 1. The fourth-order valence-electron chi connectivity index (χ4n) is 6.94. The molecule has 174 valence electrons. The van der Waals surface area contributed by atoms with E-state index in [2.05, 4.69) is 38.2 Å². The number of carboxylic acid groups (broad SMARTS) is 1. The molecule has 32 heavy (non-hydrogen) atoms. The molecule has 3 aliphatic carbocycles. The van der Waals surface area contributed by atoms with Gasteiger partial charge in [0.2, 0.25) is 0 Å². The summed E-state index contributed by atoms with van der Waals surface area (Å²) in [6.07, 6.45) is 5.24. The van der Waals surface area contributed by atoms with Gasteiger partial charge in [-0.25, -0.2) is 4.79 Å². The van der Waals surface area contributed by atoms with Crippen molar-refractivity contribution in [1.82, 2.24) is 10.2 Å². The minimum Gasteiger partial charge on any atom is -0.465 e. The van der Waals surface area contributed by atoms with Crippen molar-refractivity contribution in [3.05, 3.63) is 35.9 Å². The van der Waals surface area contributed by atoms with Gasteiger partial charge >= 0.3 is 13.2 Å². The van der Waals surface area contributed by atoms with Gasteiger partial charge in [0.05, 0.1) is 17.6 Å². The maximum Gasteiger partial charge on any atom is 0.482 e. The zero-order valence-electron chi connectivity index (χ0n) is 19.6. The van der Waals surface area contributed by atoms with Crippen LogP contribution in [0.3, 0.4) is 0 Å². The Morgan fingerprint density at radius 1 is 1.25 bits per heavy atom. The van der Waals surface area contributed by atoms with Gasteiger partial charge in [0.1, 0.15) is 0 Å². The largest absolute Gasteiger partial charge is 0.482 e. The van der Waals surface area contributed by atoms with Crippen LogP contribution in [0.2, 0.25) is 0 Å². The first-order chi connectivity index (χ1) is 15.3. The van der Waals surface area contributed by atoms with E-state index in [1.807, 2.05) is 18.2 Å². The Kier molecular flexibility index (Phi) is 5.79. The topological polar surface area (TPSA) is 71.0 Å². The van der Waals surface area contributed by atoms with Crippen LogP contribution in [0.25, 0.3) is 0 Å². The number of hydrogen-bond donors (Lipinski definition) is 2. The van der Waals surface area contributed by atoms with Gasteiger partial charge in [-0.05, 0) is 68.4 Å². The Morgan fingerprint density at radius 2 is 2.03 bits per heavy atom. The number of hydrogen-bond acceptors (Lipinski definition) is 4.